The molecule has 3 N–H and O–H groups in total. The van der Waals surface area contributed by atoms with E-state index < -0.39 is 0 Å². The second-order valence-corrected chi connectivity index (χ2v) is 4.95. The van der Waals surface area contributed by atoms with Crippen molar-refractivity contribution in [2.24, 2.45) is 5.73 Å². The molecule has 0 saturated heterocycles. The van der Waals surface area contributed by atoms with Crippen LogP contribution in [0.15, 0.2) is 30.3 Å². The molecular weight excluding hydrogens is 184 g/mol. The summed E-state index contributed by atoms with van der Waals surface area (Å²) < 4.78 is 0. The maximum atomic E-state index is 5.77. The summed E-state index contributed by atoms with van der Waals surface area (Å²) in [6.07, 6.45) is 3.63. The average Bonchev–Trinajstić information content (AvgIpc) is 2.96. The van der Waals surface area contributed by atoms with E-state index in [1.165, 1.54) is 12.0 Å². The van der Waals surface area contributed by atoms with E-state index in [-0.39, 0.29) is 0 Å². The third-order valence-electron chi connectivity index (χ3n) is 3.64. The Labute approximate surface area is 90.9 Å². The summed E-state index contributed by atoms with van der Waals surface area (Å²) in [7, 11) is 0. The van der Waals surface area contributed by atoms with E-state index in [0.717, 1.165) is 18.8 Å². The zero-order valence-electron chi connectivity index (χ0n) is 8.89. The molecule has 0 bridgehead atoms. The number of hydrogen-bond acceptors (Lipinski definition) is 2. The SMILES string of the molecule is N[C@H]1C[C@H](NC2CC2c2ccccc2)C1. The van der Waals surface area contributed by atoms with Gasteiger partial charge in [0.25, 0.3) is 0 Å². The number of rotatable bonds is 3. The van der Waals surface area contributed by atoms with E-state index in [0.29, 0.717) is 18.1 Å². The number of nitrogens with one attached hydrogen (secondary N) is 1. The van der Waals surface area contributed by atoms with Gasteiger partial charge in [0, 0.05) is 24.0 Å². The Morgan fingerprint density at radius 2 is 1.80 bits per heavy atom. The van der Waals surface area contributed by atoms with Crippen molar-refractivity contribution in [2.75, 3.05) is 0 Å². The van der Waals surface area contributed by atoms with Crippen LogP contribution in [0.5, 0.6) is 0 Å². The fourth-order valence-electron chi connectivity index (χ4n) is 2.55. The Hall–Kier alpha value is -0.860. The van der Waals surface area contributed by atoms with Crippen molar-refractivity contribution >= 4 is 0 Å². The van der Waals surface area contributed by atoms with Crippen LogP contribution in [0.3, 0.4) is 0 Å². The Morgan fingerprint density at radius 1 is 1.07 bits per heavy atom. The first-order valence-electron chi connectivity index (χ1n) is 5.89. The lowest BCUT2D eigenvalue weighted by Gasteiger charge is -2.33. The van der Waals surface area contributed by atoms with Crippen molar-refractivity contribution in [1.82, 2.24) is 5.32 Å². The molecule has 1 aromatic carbocycles. The fraction of sp³-hybridized carbons (Fsp3) is 0.538. The van der Waals surface area contributed by atoms with Crippen molar-refractivity contribution in [3.63, 3.8) is 0 Å². The lowest BCUT2D eigenvalue weighted by atomic mass is 9.87. The molecule has 0 radical (unpaired) electrons. The smallest absolute Gasteiger partial charge is 0.0145 e. The van der Waals surface area contributed by atoms with E-state index in [2.05, 4.69) is 35.6 Å². The summed E-state index contributed by atoms with van der Waals surface area (Å²) in [5, 5.41) is 3.69. The number of benzene rings is 1. The Kier molecular flexibility index (Phi) is 2.26. The molecule has 2 fully saturated rings. The highest BCUT2D eigenvalue weighted by Gasteiger charge is 2.41. The van der Waals surface area contributed by atoms with Gasteiger partial charge in [-0.25, -0.2) is 0 Å². The molecule has 0 aromatic heterocycles. The predicted molar refractivity (Wildman–Crippen MR) is 61.7 cm³/mol. The summed E-state index contributed by atoms with van der Waals surface area (Å²) in [5.74, 6) is 0.753. The van der Waals surface area contributed by atoms with Gasteiger partial charge in [-0.2, -0.15) is 0 Å². The standard InChI is InChI=1S/C13H18N2/c14-10-6-11(7-10)15-13-8-12(13)9-4-2-1-3-5-9/h1-5,10-13,15H,6-8,14H2/t10-,11-,12?,13?. The number of nitrogens with two attached hydrogens (primary N) is 1. The molecule has 1 aromatic rings. The van der Waals surface area contributed by atoms with Crippen LogP contribution >= 0.6 is 0 Å². The maximum Gasteiger partial charge on any atom is 0.0145 e. The van der Waals surface area contributed by atoms with Crippen LogP contribution in [0.1, 0.15) is 30.7 Å². The van der Waals surface area contributed by atoms with Gasteiger partial charge in [0.15, 0.2) is 0 Å². The highest BCUT2D eigenvalue weighted by atomic mass is 15.0. The van der Waals surface area contributed by atoms with Gasteiger partial charge in [-0.3, -0.25) is 0 Å². The zero-order chi connectivity index (χ0) is 10.3. The van der Waals surface area contributed by atoms with E-state index in [1.807, 2.05) is 0 Å². The van der Waals surface area contributed by atoms with Crippen LogP contribution < -0.4 is 11.1 Å². The van der Waals surface area contributed by atoms with Crippen molar-refractivity contribution < 1.29 is 0 Å². The lowest BCUT2D eigenvalue weighted by Crippen LogP contribution is -2.49. The molecule has 0 spiro atoms. The molecule has 2 aliphatic rings. The summed E-state index contributed by atoms with van der Waals surface area (Å²) in [6, 6.07) is 12.7. The third-order valence-corrected chi connectivity index (χ3v) is 3.64. The fourth-order valence-corrected chi connectivity index (χ4v) is 2.55. The quantitative estimate of drug-likeness (QED) is 0.781. The van der Waals surface area contributed by atoms with Crippen LogP contribution in [-0.2, 0) is 0 Å². The normalized spacial score (nSPS) is 38.5. The highest BCUT2D eigenvalue weighted by molar-refractivity contribution is 5.27. The van der Waals surface area contributed by atoms with E-state index in [4.69, 9.17) is 5.73 Å². The van der Waals surface area contributed by atoms with Crippen molar-refractivity contribution in [3.05, 3.63) is 35.9 Å². The van der Waals surface area contributed by atoms with Gasteiger partial charge >= 0.3 is 0 Å². The van der Waals surface area contributed by atoms with Gasteiger partial charge in [-0.1, -0.05) is 30.3 Å². The molecule has 2 nitrogen and oxygen atoms in total. The average molecular weight is 202 g/mol. The van der Waals surface area contributed by atoms with Crippen molar-refractivity contribution in [2.45, 2.75) is 43.3 Å². The van der Waals surface area contributed by atoms with Gasteiger partial charge in [0.05, 0.1) is 0 Å². The molecule has 0 amide bonds. The first-order chi connectivity index (χ1) is 7.33. The molecule has 3 rings (SSSR count). The van der Waals surface area contributed by atoms with Crippen LogP contribution in [-0.4, -0.2) is 18.1 Å². The molecule has 0 heterocycles. The van der Waals surface area contributed by atoms with Gasteiger partial charge < -0.3 is 11.1 Å². The van der Waals surface area contributed by atoms with Crippen LogP contribution in [0, 0.1) is 0 Å². The molecular formula is C13H18N2. The minimum absolute atomic E-state index is 0.455. The first-order valence-corrected chi connectivity index (χ1v) is 5.89. The highest BCUT2D eigenvalue weighted by Crippen LogP contribution is 2.41. The van der Waals surface area contributed by atoms with Gasteiger partial charge in [-0.05, 0) is 24.8 Å². The van der Waals surface area contributed by atoms with Gasteiger partial charge in [0.2, 0.25) is 0 Å². The Bertz CT molecular complexity index is 330. The predicted octanol–water partition coefficient (Wildman–Crippen LogP) is 1.62. The largest absolute Gasteiger partial charge is 0.328 e. The molecule has 2 heteroatoms. The summed E-state index contributed by atoms with van der Waals surface area (Å²) in [5.41, 5.74) is 7.26. The summed E-state index contributed by atoms with van der Waals surface area (Å²) in [4.78, 5) is 0. The minimum Gasteiger partial charge on any atom is -0.328 e. The van der Waals surface area contributed by atoms with Crippen LogP contribution in [0.25, 0.3) is 0 Å². The number of hydrogen-bond donors (Lipinski definition) is 2. The second-order valence-electron chi connectivity index (χ2n) is 4.95. The van der Waals surface area contributed by atoms with Crippen molar-refractivity contribution in [3.8, 4) is 0 Å². The topological polar surface area (TPSA) is 38.0 Å². The zero-order valence-corrected chi connectivity index (χ0v) is 8.89. The lowest BCUT2D eigenvalue weighted by molar-refractivity contribution is 0.289. The molecule has 2 aliphatic carbocycles. The Balaban J connectivity index is 1.52. The third kappa shape index (κ3) is 1.92. The summed E-state index contributed by atoms with van der Waals surface area (Å²) in [6.45, 7) is 0. The first kappa shape index (κ1) is 9.37. The van der Waals surface area contributed by atoms with Crippen LogP contribution in [0.4, 0.5) is 0 Å². The molecule has 2 unspecified atom stereocenters. The minimum atomic E-state index is 0.455. The van der Waals surface area contributed by atoms with E-state index in [9.17, 15) is 0 Å². The second kappa shape index (κ2) is 3.62. The molecule has 2 atom stereocenters. The Morgan fingerprint density at radius 3 is 2.47 bits per heavy atom. The monoisotopic (exact) mass is 202 g/mol. The molecule has 2 saturated carbocycles. The maximum absolute atomic E-state index is 5.77. The van der Waals surface area contributed by atoms with Crippen LogP contribution in [0.2, 0.25) is 0 Å². The summed E-state index contributed by atoms with van der Waals surface area (Å²) >= 11 is 0. The molecule has 0 aliphatic heterocycles. The van der Waals surface area contributed by atoms with Gasteiger partial charge in [0.1, 0.15) is 0 Å². The molecule has 15 heavy (non-hydrogen) atoms. The van der Waals surface area contributed by atoms with Crippen molar-refractivity contribution in [1.29, 1.82) is 0 Å². The van der Waals surface area contributed by atoms with E-state index >= 15 is 0 Å². The van der Waals surface area contributed by atoms with E-state index in [1.54, 1.807) is 0 Å². The molecule has 80 valence electrons. The van der Waals surface area contributed by atoms with Gasteiger partial charge in [-0.15, -0.1) is 0 Å².